The number of rotatable bonds is 12. The molecule has 3 aliphatic rings. The number of esters is 1. The lowest BCUT2D eigenvalue weighted by Crippen LogP contribution is -2.57. The van der Waals surface area contributed by atoms with Crippen LogP contribution in [0.3, 0.4) is 0 Å². The number of likely N-dealkylation sites (tertiary alicyclic amines) is 1. The number of carbonyl (C=O) groups is 3. The van der Waals surface area contributed by atoms with Crippen LogP contribution in [0.2, 0.25) is 0 Å². The normalized spacial score (nSPS) is 25.3. The maximum Gasteiger partial charge on any atom is 0.408 e. The predicted molar refractivity (Wildman–Crippen MR) is 178 cm³/mol. The maximum atomic E-state index is 14.2. The number of nitrogens with zero attached hydrogens (tertiary/aromatic N) is 3. The first-order valence-corrected chi connectivity index (χ1v) is 16.3. The standard InChI is InChI=1S/C36H46N4O7/c1-8-10-11-12-25-24-15-13-21(24)17-30(25)47-35(43)39-31(36(3,4)5)33(41)40-20-23(19-29(40)34(42)45-7)46-32-26(9-2)37-27-16-14-22(44-6)18-28(27)38-32/h8-9,13-16,18,21,23-25,29-31H,1-2,10-12,17,19-20H2,3-7H3,(H,39,43)/t21-,23+,24-,25+,29-,30+,31+/m0/s1. The van der Waals surface area contributed by atoms with E-state index in [9.17, 15) is 14.4 Å². The molecule has 11 nitrogen and oxygen atoms in total. The highest BCUT2D eigenvalue weighted by Gasteiger charge is 2.48. The highest BCUT2D eigenvalue weighted by Crippen LogP contribution is 2.48. The molecule has 0 bridgehead atoms. The molecule has 5 rings (SSSR count). The molecule has 1 N–H and O–H groups in total. The third kappa shape index (κ3) is 7.29. The number of allylic oxidation sites excluding steroid dienone is 3. The Bertz CT molecular complexity index is 1550. The summed E-state index contributed by atoms with van der Waals surface area (Å²) in [5.74, 6) is 0.904. The Hall–Kier alpha value is -4.41. The van der Waals surface area contributed by atoms with Gasteiger partial charge in [-0.25, -0.2) is 19.6 Å². The number of hydrogen-bond donors (Lipinski definition) is 1. The van der Waals surface area contributed by atoms with Gasteiger partial charge < -0.3 is 29.2 Å². The van der Waals surface area contributed by atoms with E-state index >= 15 is 0 Å². The zero-order valence-corrected chi connectivity index (χ0v) is 27.9. The number of ether oxygens (including phenoxy) is 4. The minimum atomic E-state index is -0.979. The molecule has 1 aromatic carbocycles. The smallest absolute Gasteiger partial charge is 0.408 e. The second-order valence-corrected chi connectivity index (χ2v) is 13.6. The van der Waals surface area contributed by atoms with E-state index in [0.29, 0.717) is 34.3 Å². The summed E-state index contributed by atoms with van der Waals surface area (Å²) in [6, 6.07) is 3.43. The zero-order chi connectivity index (χ0) is 33.9. The van der Waals surface area contributed by atoms with Gasteiger partial charge in [0.2, 0.25) is 11.8 Å². The highest BCUT2D eigenvalue weighted by atomic mass is 16.6. The summed E-state index contributed by atoms with van der Waals surface area (Å²) in [5.41, 5.74) is 0.926. The molecule has 2 heterocycles. The van der Waals surface area contributed by atoms with Crippen LogP contribution in [0.15, 0.2) is 49.6 Å². The van der Waals surface area contributed by atoms with Crippen molar-refractivity contribution in [3.8, 4) is 11.6 Å². The third-order valence-electron chi connectivity index (χ3n) is 9.49. The Morgan fingerprint density at radius 3 is 2.53 bits per heavy atom. The number of carbonyl (C=O) groups excluding carboxylic acids is 3. The van der Waals surface area contributed by atoms with E-state index in [-0.39, 0.29) is 30.9 Å². The fraction of sp³-hybridized carbons (Fsp3) is 0.528. The number of fused-ring (bicyclic) bond motifs is 2. The van der Waals surface area contributed by atoms with Gasteiger partial charge >= 0.3 is 12.1 Å². The fourth-order valence-corrected chi connectivity index (χ4v) is 6.92. The molecule has 2 amide bonds. The van der Waals surface area contributed by atoms with Gasteiger partial charge in [-0.05, 0) is 61.1 Å². The van der Waals surface area contributed by atoms with Crippen molar-refractivity contribution in [2.24, 2.45) is 23.2 Å². The second-order valence-electron chi connectivity index (χ2n) is 13.6. The van der Waals surface area contributed by atoms with Gasteiger partial charge in [-0.1, -0.05) is 45.6 Å². The van der Waals surface area contributed by atoms with E-state index in [1.165, 1.54) is 12.0 Å². The molecule has 1 aromatic heterocycles. The average molecular weight is 647 g/mol. The monoisotopic (exact) mass is 646 g/mol. The van der Waals surface area contributed by atoms with Gasteiger partial charge in [0.05, 0.1) is 31.8 Å². The first-order valence-electron chi connectivity index (χ1n) is 16.3. The Labute approximate surface area is 276 Å². The number of amides is 2. The van der Waals surface area contributed by atoms with Gasteiger partial charge in [-0.3, -0.25) is 4.79 Å². The van der Waals surface area contributed by atoms with E-state index in [4.69, 9.17) is 18.9 Å². The highest BCUT2D eigenvalue weighted by molar-refractivity contribution is 5.91. The van der Waals surface area contributed by atoms with Crippen molar-refractivity contribution >= 4 is 35.1 Å². The largest absolute Gasteiger partial charge is 0.497 e. The number of benzene rings is 1. The lowest BCUT2D eigenvalue weighted by atomic mass is 9.79. The summed E-state index contributed by atoms with van der Waals surface area (Å²) in [4.78, 5) is 51.3. The lowest BCUT2D eigenvalue weighted by molar-refractivity contribution is -0.152. The number of unbranched alkanes of at least 4 members (excludes halogenated alkanes) is 1. The Kier molecular flexibility index (Phi) is 10.2. The summed E-state index contributed by atoms with van der Waals surface area (Å²) >= 11 is 0. The summed E-state index contributed by atoms with van der Waals surface area (Å²) < 4.78 is 22.7. The predicted octanol–water partition coefficient (Wildman–Crippen LogP) is 5.49. The molecular formula is C36H46N4O7. The van der Waals surface area contributed by atoms with Crippen LogP contribution in [0.1, 0.15) is 58.6 Å². The molecule has 0 unspecified atom stereocenters. The average Bonchev–Trinajstić information content (AvgIpc) is 3.55. The van der Waals surface area contributed by atoms with Crippen molar-refractivity contribution in [2.75, 3.05) is 20.8 Å². The van der Waals surface area contributed by atoms with Crippen LogP contribution in [0.5, 0.6) is 11.6 Å². The van der Waals surface area contributed by atoms with Crippen LogP contribution in [0.25, 0.3) is 17.1 Å². The van der Waals surface area contributed by atoms with Crippen LogP contribution in [-0.4, -0.2) is 77.9 Å². The zero-order valence-electron chi connectivity index (χ0n) is 27.9. The van der Waals surface area contributed by atoms with E-state index < -0.39 is 41.6 Å². The third-order valence-corrected chi connectivity index (χ3v) is 9.49. The Balaban J connectivity index is 1.32. The second kappa shape index (κ2) is 14.1. The van der Waals surface area contributed by atoms with Gasteiger partial charge in [0.25, 0.3) is 0 Å². The van der Waals surface area contributed by atoms with Crippen molar-refractivity contribution in [2.45, 2.75) is 77.2 Å². The summed E-state index contributed by atoms with van der Waals surface area (Å²) in [6.07, 6.45) is 10.1. The maximum absolute atomic E-state index is 14.2. The van der Waals surface area contributed by atoms with E-state index in [1.54, 1.807) is 31.4 Å². The van der Waals surface area contributed by atoms with Gasteiger partial charge in [-0.15, -0.1) is 6.58 Å². The summed E-state index contributed by atoms with van der Waals surface area (Å²) in [5, 5.41) is 2.86. The quantitative estimate of drug-likeness (QED) is 0.181. The van der Waals surface area contributed by atoms with Crippen LogP contribution >= 0.6 is 0 Å². The minimum Gasteiger partial charge on any atom is -0.497 e. The van der Waals surface area contributed by atoms with Crippen molar-refractivity contribution in [1.29, 1.82) is 0 Å². The van der Waals surface area contributed by atoms with Gasteiger partial charge in [0.1, 0.15) is 35.7 Å². The number of aromatic nitrogens is 2. The van der Waals surface area contributed by atoms with Crippen LogP contribution in [0, 0.1) is 23.2 Å². The molecule has 1 saturated heterocycles. The molecule has 1 saturated carbocycles. The molecular weight excluding hydrogens is 600 g/mol. The topological polar surface area (TPSA) is 129 Å². The number of hydrogen-bond acceptors (Lipinski definition) is 9. The van der Waals surface area contributed by atoms with E-state index in [0.717, 1.165) is 25.7 Å². The first kappa shape index (κ1) is 33.9. The molecule has 11 heteroatoms. The van der Waals surface area contributed by atoms with Crippen molar-refractivity contribution in [1.82, 2.24) is 20.2 Å². The van der Waals surface area contributed by atoms with Crippen molar-refractivity contribution in [3.63, 3.8) is 0 Å². The molecule has 2 fully saturated rings. The molecule has 1 aliphatic heterocycles. The molecule has 2 aliphatic carbocycles. The number of alkyl carbamates (subject to hydrolysis) is 1. The van der Waals surface area contributed by atoms with Gasteiger partial charge in [0.15, 0.2) is 0 Å². The van der Waals surface area contributed by atoms with E-state index in [2.05, 4.69) is 40.6 Å². The Morgan fingerprint density at radius 1 is 1.11 bits per heavy atom. The van der Waals surface area contributed by atoms with Crippen LogP contribution in [0.4, 0.5) is 4.79 Å². The number of methoxy groups -OCH3 is 2. The van der Waals surface area contributed by atoms with Crippen molar-refractivity contribution < 1.29 is 33.3 Å². The first-order chi connectivity index (χ1) is 22.5. The molecule has 252 valence electrons. The van der Waals surface area contributed by atoms with Gasteiger partial charge in [-0.2, -0.15) is 0 Å². The van der Waals surface area contributed by atoms with Gasteiger partial charge in [0, 0.05) is 18.4 Å². The molecule has 0 radical (unpaired) electrons. The number of nitrogens with one attached hydrogen (secondary N) is 1. The Morgan fingerprint density at radius 2 is 1.89 bits per heavy atom. The summed E-state index contributed by atoms with van der Waals surface area (Å²) in [7, 11) is 2.85. The van der Waals surface area contributed by atoms with Crippen LogP contribution in [-0.2, 0) is 19.1 Å². The minimum absolute atomic E-state index is 0.0688. The SMILES string of the molecule is C=CCCC[C@@H]1[C@H]2C=C[C@H]2C[C@H]1OC(=O)N[C@H](C(=O)N1C[C@H](Oc2nc3cc(OC)ccc3nc2C=C)C[C@H]1C(=O)OC)C(C)(C)C. The van der Waals surface area contributed by atoms with Crippen LogP contribution < -0.4 is 14.8 Å². The molecule has 7 atom stereocenters. The van der Waals surface area contributed by atoms with Crippen molar-refractivity contribution in [3.05, 3.63) is 55.3 Å². The molecule has 47 heavy (non-hydrogen) atoms. The van der Waals surface area contributed by atoms with E-state index in [1.807, 2.05) is 26.8 Å². The molecule has 2 aromatic rings. The summed E-state index contributed by atoms with van der Waals surface area (Å²) in [6.45, 7) is 13.3. The molecule has 0 spiro atoms. The fourth-order valence-electron chi connectivity index (χ4n) is 6.92. The lowest BCUT2D eigenvalue weighted by Gasteiger charge is -2.35.